The lowest BCUT2D eigenvalue weighted by Gasteiger charge is -2.28. The van der Waals surface area contributed by atoms with Crippen LogP contribution >= 0.6 is 0 Å². The number of carbonyl (C=O) groups excluding carboxylic acids is 1. The smallest absolute Gasteiger partial charge is 0.253 e. The Bertz CT molecular complexity index is 674. The molecule has 0 atom stereocenters. The molecule has 2 aromatic rings. The van der Waals surface area contributed by atoms with Crippen LogP contribution < -0.4 is 0 Å². The first kappa shape index (κ1) is 16.7. The lowest BCUT2D eigenvalue weighted by Crippen LogP contribution is -2.39. The van der Waals surface area contributed by atoms with Crippen molar-refractivity contribution in [2.45, 2.75) is 25.4 Å². The highest BCUT2D eigenvalue weighted by atomic mass is 19.1. The number of alkyl halides is 1. The molecule has 0 unspecified atom stereocenters. The lowest BCUT2D eigenvalue weighted by atomic mass is 10.0. The number of rotatable bonds is 4. The summed E-state index contributed by atoms with van der Waals surface area (Å²) in [5.74, 6) is -0.0215. The molecule has 4 heteroatoms. The molecule has 0 saturated carbocycles. The van der Waals surface area contributed by atoms with Gasteiger partial charge in [-0.2, -0.15) is 0 Å². The van der Waals surface area contributed by atoms with Gasteiger partial charge in [0.1, 0.15) is 6.17 Å². The fourth-order valence-corrected chi connectivity index (χ4v) is 3.03. The number of nitrogens with zero attached hydrogens (tertiary/aromatic N) is 1. The summed E-state index contributed by atoms with van der Waals surface area (Å²) in [7, 11) is 0. The fourth-order valence-electron chi connectivity index (χ4n) is 3.03. The highest BCUT2D eigenvalue weighted by Crippen LogP contribution is 2.22. The van der Waals surface area contributed by atoms with Gasteiger partial charge >= 0.3 is 0 Å². The summed E-state index contributed by atoms with van der Waals surface area (Å²) in [6.07, 6.45) is 0.752. The van der Waals surface area contributed by atoms with Crippen LogP contribution in [-0.4, -0.2) is 41.8 Å². The predicted octanol–water partition coefficient (Wildman–Crippen LogP) is 3.46. The Hall–Kier alpha value is -2.20. The second-order valence-corrected chi connectivity index (χ2v) is 6.21. The quantitative estimate of drug-likeness (QED) is 0.934. The Balaban J connectivity index is 1.69. The zero-order valence-corrected chi connectivity index (χ0v) is 13.6. The number of likely N-dealkylation sites (tertiary alicyclic amines) is 1. The largest absolute Gasteiger partial charge is 0.396 e. The minimum atomic E-state index is -0.773. The maximum atomic E-state index is 13.2. The predicted molar refractivity (Wildman–Crippen MR) is 92.7 cm³/mol. The monoisotopic (exact) mass is 327 g/mol. The van der Waals surface area contributed by atoms with Crippen molar-refractivity contribution < 1.29 is 14.3 Å². The molecule has 1 aliphatic rings. The van der Waals surface area contributed by atoms with Gasteiger partial charge in [0.2, 0.25) is 0 Å². The Morgan fingerprint density at radius 2 is 1.54 bits per heavy atom. The van der Waals surface area contributed by atoms with Crippen LogP contribution in [0.15, 0.2) is 48.5 Å². The van der Waals surface area contributed by atoms with Crippen LogP contribution in [0.4, 0.5) is 4.39 Å². The number of hydrogen-bond acceptors (Lipinski definition) is 2. The zero-order chi connectivity index (χ0) is 16.9. The molecule has 0 aromatic heterocycles. The molecule has 1 amide bonds. The first-order chi connectivity index (χ1) is 11.7. The number of hydrogen-bond donors (Lipinski definition) is 1. The molecule has 0 spiro atoms. The van der Waals surface area contributed by atoms with Gasteiger partial charge < -0.3 is 10.0 Å². The maximum absolute atomic E-state index is 13.2. The molecular weight excluding hydrogens is 305 g/mol. The summed E-state index contributed by atoms with van der Waals surface area (Å²) in [6, 6.07) is 15.6. The summed E-state index contributed by atoms with van der Waals surface area (Å²) >= 11 is 0. The number of carbonyl (C=O) groups is 1. The minimum Gasteiger partial charge on any atom is -0.396 e. The van der Waals surface area contributed by atoms with E-state index in [0.717, 1.165) is 16.7 Å². The Morgan fingerprint density at radius 3 is 2.08 bits per heavy atom. The van der Waals surface area contributed by atoms with E-state index in [0.29, 0.717) is 37.9 Å². The van der Waals surface area contributed by atoms with E-state index in [1.807, 2.05) is 48.5 Å². The van der Waals surface area contributed by atoms with E-state index in [1.165, 1.54) is 0 Å². The van der Waals surface area contributed by atoms with Gasteiger partial charge in [-0.3, -0.25) is 4.79 Å². The van der Waals surface area contributed by atoms with E-state index in [4.69, 9.17) is 5.11 Å². The summed E-state index contributed by atoms with van der Waals surface area (Å²) < 4.78 is 13.2. The lowest BCUT2D eigenvalue weighted by molar-refractivity contribution is 0.0667. The van der Waals surface area contributed by atoms with Crippen LogP contribution in [0.1, 0.15) is 28.8 Å². The molecule has 1 N–H and O–H groups in total. The molecule has 3 nitrogen and oxygen atoms in total. The van der Waals surface area contributed by atoms with Crippen molar-refractivity contribution in [2.24, 2.45) is 0 Å². The van der Waals surface area contributed by atoms with Crippen LogP contribution in [0.2, 0.25) is 0 Å². The highest BCUT2D eigenvalue weighted by molar-refractivity contribution is 5.94. The van der Waals surface area contributed by atoms with E-state index >= 15 is 0 Å². The first-order valence-corrected chi connectivity index (χ1v) is 8.41. The first-order valence-electron chi connectivity index (χ1n) is 8.41. The average Bonchev–Trinajstić information content (AvgIpc) is 2.63. The van der Waals surface area contributed by atoms with Crippen LogP contribution in [0, 0.1) is 0 Å². The van der Waals surface area contributed by atoms with Crippen molar-refractivity contribution in [1.82, 2.24) is 4.90 Å². The van der Waals surface area contributed by atoms with Gasteiger partial charge in [0.25, 0.3) is 5.91 Å². The number of piperidine rings is 1. The average molecular weight is 327 g/mol. The third-order valence-corrected chi connectivity index (χ3v) is 4.53. The molecule has 3 rings (SSSR count). The second-order valence-electron chi connectivity index (χ2n) is 6.21. The van der Waals surface area contributed by atoms with E-state index < -0.39 is 6.17 Å². The minimum absolute atomic E-state index is 0.0215. The van der Waals surface area contributed by atoms with Gasteiger partial charge in [0.15, 0.2) is 0 Å². The molecular formula is C20H22FNO2. The van der Waals surface area contributed by atoms with E-state index in [2.05, 4.69) is 0 Å². The fraction of sp³-hybridized carbons (Fsp3) is 0.350. The zero-order valence-electron chi connectivity index (χ0n) is 13.6. The maximum Gasteiger partial charge on any atom is 0.253 e. The molecule has 2 aromatic carbocycles. The van der Waals surface area contributed by atoms with Gasteiger partial charge in [-0.1, -0.05) is 36.4 Å². The normalized spacial score (nSPS) is 15.5. The van der Waals surface area contributed by atoms with Crippen LogP contribution in [0.3, 0.4) is 0 Å². The van der Waals surface area contributed by atoms with Crippen molar-refractivity contribution in [3.05, 3.63) is 59.7 Å². The standard InChI is InChI=1S/C20H22FNO2/c21-19-9-12-22(13-10-19)20(24)18-7-5-17(6-8-18)16-3-1-15(2-4-16)11-14-23/h1-8,19,23H,9-14H2. The number of halogens is 1. The Kier molecular flexibility index (Phi) is 5.26. The summed E-state index contributed by atoms with van der Waals surface area (Å²) in [6.45, 7) is 1.14. The number of aliphatic hydroxyl groups excluding tert-OH is 1. The van der Waals surface area contributed by atoms with Crippen LogP contribution in [0.5, 0.6) is 0 Å². The topological polar surface area (TPSA) is 40.5 Å². The van der Waals surface area contributed by atoms with Crippen molar-refractivity contribution >= 4 is 5.91 Å². The molecule has 1 heterocycles. The molecule has 1 aliphatic heterocycles. The summed E-state index contributed by atoms with van der Waals surface area (Å²) in [5.41, 5.74) is 3.87. The molecule has 126 valence electrons. The SMILES string of the molecule is O=C(c1ccc(-c2ccc(CCO)cc2)cc1)N1CCC(F)CC1. The van der Waals surface area contributed by atoms with Crippen LogP contribution in [0.25, 0.3) is 11.1 Å². The van der Waals surface area contributed by atoms with Crippen LogP contribution in [-0.2, 0) is 6.42 Å². The summed E-state index contributed by atoms with van der Waals surface area (Å²) in [4.78, 5) is 14.2. The van der Waals surface area contributed by atoms with Gasteiger partial charge in [0, 0.05) is 25.3 Å². The van der Waals surface area contributed by atoms with Gasteiger partial charge in [-0.15, -0.1) is 0 Å². The Labute approximate surface area is 141 Å². The molecule has 1 saturated heterocycles. The molecule has 0 bridgehead atoms. The Morgan fingerprint density at radius 1 is 1.00 bits per heavy atom. The second kappa shape index (κ2) is 7.58. The van der Waals surface area contributed by atoms with Crippen molar-refractivity contribution in [3.8, 4) is 11.1 Å². The number of amides is 1. The van der Waals surface area contributed by atoms with E-state index in [9.17, 15) is 9.18 Å². The molecule has 0 aliphatic carbocycles. The van der Waals surface area contributed by atoms with Gasteiger partial charge in [-0.05, 0) is 48.1 Å². The third-order valence-electron chi connectivity index (χ3n) is 4.53. The van der Waals surface area contributed by atoms with Gasteiger partial charge in [-0.25, -0.2) is 4.39 Å². The molecule has 0 radical (unpaired) electrons. The summed E-state index contributed by atoms with van der Waals surface area (Å²) in [5, 5.41) is 8.95. The van der Waals surface area contributed by atoms with E-state index in [1.54, 1.807) is 4.90 Å². The van der Waals surface area contributed by atoms with Crippen molar-refractivity contribution in [3.63, 3.8) is 0 Å². The van der Waals surface area contributed by atoms with Crippen molar-refractivity contribution in [2.75, 3.05) is 19.7 Å². The van der Waals surface area contributed by atoms with Crippen molar-refractivity contribution in [1.29, 1.82) is 0 Å². The number of aliphatic hydroxyl groups is 1. The highest BCUT2D eigenvalue weighted by Gasteiger charge is 2.23. The number of benzene rings is 2. The molecule has 24 heavy (non-hydrogen) atoms. The van der Waals surface area contributed by atoms with Gasteiger partial charge in [0.05, 0.1) is 0 Å². The third kappa shape index (κ3) is 3.82. The molecule has 1 fully saturated rings. The van der Waals surface area contributed by atoms with E-state index in [-0.39, 0.29) is 12.5 Å².